The first-order valence-corrected chi connectivity index (χ1v) is 7.29. The molecule has 1 aliphatic heterocycles. The average Bonchev–Trinajstić information content (AvgIpc) is 2.93. The molecular formula is C15H21ClN2O. The molecule has 0 radical (unpaired) electrons. The molecule has 0 saturated carbocycles. The van der Waals surface area contributed by atoms with Crippen molar-refractivity contribution in [3.63, 3.8) is 0 Å². The number of amides is 1. The maximum Gasteiger partial charge on any atom is 0.231 e. The molecule has 1 aromatic carbocycles. The molecule has 4 heteroatoms. The van der Waals surface area contributed by atoms with Crippen LogP contribution in [0.3, 0.4) is 0 Å². The Morgan fingerprint density at radius 1 is 1.26 bits per heavy atom. The highest BCUT2D eigenvalue weighted by atomic mass is 35.5. The minimum Gasteiger partial charge on any atom is -0.372 e. The normalized spacial score (nSPS) is 15.6. The number of hydrogen-bond donors (Lipinski definition) is 1. The summed E-state index contributed by atoms with van der Waals surface area (Å²) >= 11 is 5.80. The fraction of sp³-hybridized carbons (Fsp3) is 0.533. The number of halogens is 1. The summed E-state index contributed by atoms with van der Waals surface area (Å²) in [5, 5.41) is 2.91. The van der Waals surface area contributed by atoms with Crippen LogP contribution in [0.15, 0.2) is 24.3 Å². The van der Waals surface area contributed by atoms with Gasteiger partial charge in [0, 0.05) is 30.3 Å². The van der Waals surface area contributed by atoms with Gasteiger partial charge in [0.1, 0.15) is 0 Å². The maximum atomic E-state index is 12.0. The van der Waals surface area contributed by atoms with Crippen LogP contribution in [0.1, 0.15) is 26.7 Å². The van der Waals surface area contributed by atoms with Crippen LogP contribution in [-0.2, 0) is 4.79 Å². The molecule has 1 saturated heterocycles. The first-order valence-electron chi connectivity index (χ1n) is 6.75. The van der Waals surface area contributed by atoms with Gasteiger partial charge in [-0.15, -0.1) is 11.6 Å². The standard InChI is InChI=1S/C15H21ClN2O/c1-15(2,11-16)14(19)17-12-5-7-13(8-6-12)18-9-3-4-10-18/h5-8H,3-4,9-11H2,1-2H3,(H,17,19). The van der Waals surface area contributed by atoms with Gasteiger partial charge in [0.2, 0.25) is 5.91 Å². The molecule has 0 aromatic heterocycles. The fourth-order valence-electron chi connectivity index (χ4n) is 2.09. The van der Waals surface area contributed by atoms with Crippen molar-refractivity contribution in [2.24, 2.45) is 5.41 Å². The van der Waals surface area contributed by atoms with Gasteiger partial charge < -0.3 is 10.2 Å². The van der Waals surface area contributed by atoms with Crippen molar-refractivity contribution < 1.29 is 4.79 Å². The highest BCUT2D eigenvalue weighted by Gasteiger charge is 2.26. The van der Waals surface area contributed by atoms with E-state index in [-0.39, 0.29) is 5.91 Å². The Morgan fingerprint density at radius 2 is 1.84 bits per heavy atom. The van der Waals surface area contributed by atoms with Gasteiger partial charge in [-0.25, -0.2) is 0 Å². The monoisotopic (exact) mass is 280 g/mol. The van der Waals surface area contributed by atoms with Crippen molar-refractivity contribution in [1.82, 2.24) is 0 Å². The molecule has 104 valence electrons. The van der Waals surface area contributed by atoms with E-state index in [1.165, 1.54) is 18.5 Å². The molecule has 0 bridgehead atoms. The van der Waals surface area contributed by atoms with Gasteiger partial charge in [-0.2, -0.15) is 0 Å². The van der Waals surface area contributed by atoms with Crippen LogP contribution in [0, 0.1) is 5.41 Å². The van der Waals surface area contributed by atoms with Crippen molar-refractivity contribution in [2.75, 3.05) is 29.2 Å². The third kappa shape index (κ3) is 3.41. The second-order valence-electron chi connectivity index (χ2n) is 5.71. The lowest BCUT2D eigenvalue weighted by Gasteiger charge is -2.21. The third-order valence-corrected chi connectivity index (χ3v) is 4.21. The quantitative estimate of drug-likeness (QED) is 0.856. The van der Waals surface area contributed by atoms with Crippen molar-refractivity contribution >= 4 is 28.9 Å². The van der Waals surface area contributed by atoms with E-state index >= 15 is 0 Å². The van der Waals surface area contributed by atoms with Crippen LogP contribution >= 0.6 is 11.6 Å². The maximum absolute atomic E-state index is 12.0. The number of hydrogen-bond acceptors (Lipinski definition) is 2. The third-order valence-electron chi connectivity index (χ3n) is 3.55. The summed E-state index contributed by atoms with van der Waals surface area (Å²) in [6.45, 7) is 5.94. The molecule has 3 nitrogen and oxygen atoms in total. The Kier molecular flexibility index (Phi) is 4.35. The summed E-state index contributed by atoms with van der Waals surface area (Å²) in [5.41, 5.74) is 1.51. The zero-order valence-electron chi connectivity index (χ0n) is 11.6. The van der Waals surface area contributed by atoms with E-state index in [0.717, 1.165) is 18.8 Å². The van der Waals surface area contributed by atoms with Gasteiger partial charge in [0.15, 0.2) is 0 Å². The van der Waals surface area contributed by atoms with Gasteiger partial charge in [-0.3, -0.25) is 4.79 Å². The van der Waals surface area contributed by atoms with Crippen LogP contribution in [0.4, 0.5) is 11.4 Å². The highest BCUT2D eigenvalue weighted by molar-refractivity contribution is 6.20. The minimum absolute atomic E-state index is 0.0450. The molecular weight excluding hydrogens is 260 g/mol. The Bertz CT molecular complexity index is 436. The van der Waals surface area contributed by atoms with Gasteiger partial charge in [-0.1, -0.05) is 0 Å². The molecule has 0 unspecified atom stereocenters. The second kappa shape index (κ2) is 5.83. The highest BCUT2D eigenvalue weighted by Crippen LogP contribution is 2.24. The zero-order valence-corrected chi connectivity index (χ0v) is 12.3. The molecule has 1 fully saturated rings. The number of anilines is 2. The average molecular weight is 281 g/mol. The molecule has 0 spiro atoms. The fourth-order valence-corrected chi connectivity index (χ4v) is 2.21. The number of nitrogens with zero attached hydrogens (tertiary/aromatic N) is 1. The van der Waals surface area contributed by atoms with Crippen LogP contribution in [0.2, 0.25) is 0 Å². The molecule has 1 aliphatic rings. The van der Waals surface area contributed by atoms with Crippen LogP contribution in [-0.4, -0.2) is 24.9 Å². The van der Waals surface area contributed by atoms with Crippen molar-refractivity contribution in [2.45, 2.75) is 26.7 Å². The topological polar surface area (TPSA) is 32.3 Å². The van der Waals surface area contributed by atoms with E-state index in [9.17, 15) is 4.79 Å². The summed E-state index contributed by atoms with van der Waals surface area (Å²) < 4.78 is 0. The van der Waals surface area contributed by atoms with Gasteiger partial charge >= 0.3 is 0 Å². The van der Waals surface area contributed by atoms with E-state index in [0.29, 0.717) is 5.88 Å². The van der Waals surface area contributed by atoms with E-state index in [1.807, 2.05) is 26.0 Å². The summed E-state index contributed by atoms with van der Waals surface area (Å²) in [5.74, 6) is 0.265. The van der Waals surface area contributed by atoms with E-state index in [1.54, 1.807) is 0 Å². The van der Waals surface area contributed by atoms with Crippen molar-refractivity contribution in [3.8, 4) is 0 Å². The smallest absolute Gasteiger partial charge is 0.231 e. The Balaban J connectivity index is 2.00. The number of carbonyl (C=O) groups excluding carboxylic acids is 1. The van der Waals surface area contributed by atoms with E-state index < -0.39 is 5.41 Å². The number of nitrogens with one attached hydrogen (secondary N) is 1. The van der Waals surface area contributed by atoms with E-state index in [2.05, 4.69) is 22.3 Å². The lowest BCUT2D eigenvalue weighted by molar-refractivity contribution is -0.122. The number of rotatable bonds is 4. The molecule has 19 heavy (non-hydrogen) atoms. The predicted molar refractivity (Wildman–Crippen MR) is 81.0 cm³/mol. The molecule has 1 heterocycles. The predicted octanol–water partition coefficient (Wildman–Crippen LogP) is 3.49. The number of carbonyl (C=O) groups is 1. The summed E-state index contributed by atoms with van der Waals surface area (Å²) in [6, 6.07) is 8.04. The minimum atomic E-state index is -0.546. The molecule has 1 N–H and O–H groups in total. The van der Waals surface area contributed by atoms with Crippen molar-refractivity contribution in [3.05, 3.63) is 24.3 Å². The number of alkyl halides is 1. The second-order valence-corrected chi connectivity index (χ2v) is 5.98. The number of benzene rings is 1. The molecule has 0 atom stereocenters. The lowest BCUT2D eigenvalue weighted by atomic mass is 9.95. The van der Waals surface area contributed by atoms with Gasteiger partial charge in [0.05, 0.1) is 5.41 Å². The van der Waals surface area contributed by atoms with Crippen LogP contribution in [0.25, 0.3) is 0 Å². The first kappa shape index (κ1) is 14.2. The van der Waals surface area contributed by atoms with Crippen LogP contribution in [0.5, 0.6) is 0 Å². The first-order chi connectivity index (χ1) is 9.03. The summed E-state index contributed by atoms with van der Waals surface area (Å²) in [4.78, 5) is 14.4. The Morgan fingerprint density at radius 3 is 2.37 bits per heavy atom. The largest absolute Gasteiger partial charge is 0.372 e. The zero-order chi connectivity index (χ0) is 13.9. The Hall–Kier alpha value is -1.22. The molecule has 2 rings (SSSR count). The molecule has 1 aromatic rings. The van der Waals surface area contributed by atoms with Crippen LogP contribution < -0.4 is 10.2 Å². The molecule has 0 aliphatic carbocycles. The van der Waals surface area contributed by atoms with Crippen molar-refractivity contribution in [1.29, 1.82) is 0 Å². The lowest BCUT2D eigenvalue weighted by Crippen LogP contribution is -2.32. The summed E-state index contributed by atoms with van der Waals surface area (Å²) in [7, 11) is 0. The van der Waals surface area contributed by atoms with E-state index in [4.69, 9.17) is 11.6 Å². The summed E-state index contributed by atoms with van der Waals surface area (Å²) in [6.07, 6.45) is 2.53. The molecule has 1 amide bonds. The van der Waals surface area contributed by atoms with Gasteiger partial charge in [0.25, 0.3) is 0 Å². The van der Waals surface area contributed by atoms with Gasteiger partial charge in [-0.05, 0) is 51.0 Å². The Labute approximate surface area is 119 Å². The SMILES string of the molecule is CC(C)(CCl)C(=O)Nc1ccc(N2CCCC2)cc1.